The van der Waals surface area contributed by atoms with Crippen LogP contribution in [-0.4, -0.2) is 21.8 Å². The third-order valence-electron chi connectivity index (χ3n) is 4.29. The number of hydrogen-bond donors (Lipinski definition) is 0. The van der Waals surface area contributed by atoms with Crippen LogP contribution in [0.4, 0.5) is 0 Å². The van der Waals surface area contributed by atoms with Gasteiger partial charge in [-0.2, -0.15) is 0 Å². The number of ether oxygens (including phenoxy) is 1. The van der Waals surface area contributed by atoms with Crippen LogP contribution in [-0.2, 0) is 17.7 Å². The predicted octanol–water partition coefficient (Wildman–Crippen LogP) is 3.80. The molecular weight excluding hydrogens is 260 g/mol. The molecule has 0 unspecified atom stereocenters. The molecule has 3 rings (SSSR count). The van der Waals surface area contributed by atoms with Gasteiger partial charge >= 0.3 is 0 Å². The van der Waals surface area contributed by atoms with Crippen molar-refractivity contribution in [3.8, 4) is 0 Å². The first kappa shape index (κ1) is 14.3. The van der Waals surface area contributed by atoms with E-state index < -0.39 is 0 Å². The van der Waals surface area contributed by atoms with Gasteiger partial charge in [-0.3, -0.25) is 0 Å². The number of aromatic nitrogens is 2. The Hall–Kier alpha value is -1.61. The van der Waals surface area contributed by atoms with Gasteiger partial charge in [0.2, 0.25) is 0 Å². The van der Waals surface area contributed by atoms with Crippen LogP contribution >= 0.6 is 0 Å². The molecule has 0 spiro atoms. The highest BCUT2D eigenvalue weighted by molar-refractivity contribution is 5.15. The molecule has 2 heterocycles. The van der Waals surface area contributed by atoms with E-state index in [9.17, 15) is 0 Å². The van der Waals surface area contributed by atoms with E-state index in [1.54, 1.807) is 0 Å². The molecule has 1 atom stereocenters. The van der Waals surface area contributed by atoms with Crippen molar-refractivity contribution >= 4 is 0 Å². The lowest BCUT2D eigenvalue weighted by atomic mass is 9.88. The van der Waals surface area contributed by atoms with Crippen molar-refractivity contribution in [3.05, 3.63) is 54.1 Å². The lowest BCUT2D eigenvalue weighted by Crippen LogP contribution is -2.34. The van der Waals surface area contributed by atoms with E-state index in [-0.39, 0.29) is 5.60 Å². The van der Waals surface area contributed by atoms with E-state index in [1.807, 2.05) is 6.20 Å². The summed E-state index contributed by atoms with van der Waals surface area (Å²) in [5.74, 6) is 1.74. The average molecular weight is 284 g/mol. The maximum atomic E-state index is 5.83. The largest absolute Gasteiger partial charge is 0.376 e. The zero-order valence-electron chi connectivity index (χ0n) is 13.0. The summed E-state index contributed by atoms with van der Waals surface area (Å²) in [4.78, 5) is 4.63. The molecule has 0 radical (unpaired) electrons. The molecule has 1 aromatic carbocycles. The highest BCUT2D eigenvalue weighted by Gasteiger charge is 2.31. The van der Waals surface area contributed by atoms with E-state index in [0.29, 0.717) is 5.92 Å². The van der Waals surface area contributed by atoms with Crippen molar-refractivity contribution in [2.45, 2.75) is 51.2 Å². The molecule has 112 valence electrons. The van der Waals surface area contributed by atoms with Crippen molar-refractivity contribution in [1.82, 2.24) is 9.55 Å². The van der Waals surface area contributed by atoms with Gasteiger partial charge < -0.3 is 9.30 Å². The van der Waals surface area contributed by atoms with Crippen LogP contribution in [0.25, 0.3) is 0 Å². The van der Waals surface area contributed by atoms with Crippen LogP contribution in [0.5, 0.6) is 0 Å². The fourth-order valence-electron chi connectivity index (χ4n) is 3.22. The summed E-state index contributed by atoms with van der Waals surface area (Å²) in [5, 5.41) is 0. The summed E-state index contributed by atoms with van der Waals surface area (Å²) in [5.41, 5.74) is 1.35. The lowest BCUT2D eigenvalue weighted by molar-refractivity contribution is -0.0606. The minimum absolute atomic E-state index is 0.0286. The highest BCUT2D eigenvalue weighted by atomic mass is 16.5. The Balaban J connectivity index is 1.69. The second-order valence-corrected chi connectivity index (χ2v) is 6.51. The standard InChI is InChI=1S/C18H24N2O/c1-18(2)14-16(9-13-21-18)17-19-10-12-20(17)11-8-15-6-4-3-5-7-15/h3-7,10,12,16H,8-9,11,13-14H2,1-2H3/t16-/m0/s1. The molecule has 0 amide bonds. The molecule has 1 aliphatic rings. The zero-order valence-corrected chi connectivity index (χ0v) is 13.0. The smallest absolute Gasteiger partial charge is 0.111 e. The van der Waals surface area contributed by atoms with E-state index in [0.717, 1.165) is 32.4 Å². The van der Waals surface area contributed by atoms with Gasteiger partial charge in [-0.25, -0.2) is 4.98 Å². The maximum absolute atomic E-state index is 5.83. The van der Waals surface area contributed by atoms with Crippen molar-refractivity contribution in [3.63, 3.8) is 0 Å². The molecule has 1 aromatic heterocycles. The molecule has 0 N–H and O–H groups in total. The van der Waals surface area contributed by atoms with Gasteiger partial charge in [-0.05, 0) is 38.7 Å². The van der Waals surface area contributed by atoms with Gasteiger partial charge in [0.25, 0.3) is 0 Å². The van der Waals surface area contributed by atoms with Crippen LogP contribution in [0.1, 0.15) is 44.0 Å². The molecule has 3 nitrogen and oxygen atoms in total. The number of benzene rings is 1. The van der Waals surface area contributed by atoms with E-state index in [1.165, 1.54) is 11.4 Å². The lowest BCUT2D eigenvalue weighted by Gasteiger charge is -2.35. The first-order valence-corrected chi connectivity index (χ1v) is 7.83. The third-order valence-corrected chi connectivity index (χ3v) is 4.29. The second kappa shape index (κ2) is 6.02. The number of imidazole rings is 1. The zero-order chi connectivity index (χ0) is 14.7. The topological polar surface area (TPSA) is 27.1 Å². The normalized spacial score (nSPS) is 21.3. The molecule has 3 heteroatoms. The number of nitrogens with zero attached hydrogens (tertiary/aromatic N) is 2. The Labute approximate surface area is 127 Å². The summed E-state index contributed by atoms with van der Waals surface area (Å²) in [6, 6.07) is 10.6. The van der Waals surface area contributed by atoms with Gasteiger partial charge in [0.05, 0.1) is 5.60 Å². The van der Waals surface area contributed by atoms with Gasteiger partial charge in [0.1, 0.15) is 5.82 Å². The maximum Gasteiger partial charge on any atom is 0.111 e. The van der Waals surface area contributed by atoms with E-state index in [4.69, 9.17) is 4.74 Å². The number of aryl methyl sites for hydroxylation is 2. The Morgan fingerprint density at radius 2 is 2.10 bits per heavy atom. The van der Waals surface area contributed by atoms with Crippen molar-refractivity contribution in [2.75, 3.05) is 6.61 Å². The highest BCUT2D eigenvalue weighted by Crippen LogP contribution is 2.34. The number of hydrogen-bond acceptors (Lipinski definition) is 2. The minimum atomic E-state index is -0.0286. The molecule has 2 aromatic rings. The molecule has 1 aliphatic heterocycles. The monoisotopic (exact) mass is 284 g/mol. The molecule has 1 fully saturated rings. The first-order chi connectivity index (χ1) is 10.1. The summed E-state index contributed by atoms with van der Waals surface area (Å²) in [6.45, 7) is 6.19. The molecule has 1 saturated heterocycles. The number of rotatable bonds is 4. The Morgan fingerprint density at radius 3 is 2.86 bits per heavy atom. The average Bonchev–Trinajstić information content (AvgIpc) is 2.93. The summed E-state index contributed by atoms with van der Waals surface area (Å²) in [7, 11) is 0. The Kier molecular flexibility index (Phi) is 4.11. The predicted molar refractivity (Wildman–Crippen MR) is 84.4 cm³/mol. The van der Waals surface area contributed by atoms with Gasteiger partial charge in [-0.1, -0.05) is 30.3 Å². The quantitative estimate of drug-likeness (QED) is 0.854. The molecule has 0 bridgehead atoms. The first-order valence-electron chi connectivity index (χ1n) is 7.83. The SMILES string of the molecule is CC1(C)C[C@@H](c2nccn2CCc2ccccc2)CCO1. The second-order valence-electron chi connectivity index (χ2n) is 6.51. The van der Waals surface area contributed by atoms with Crippen molar-refractivity contribution in [1.29, 1.82) is 0 Å². The summed E-state index contributed by atoms with van der Waals surface area (Å²) in [6.07, 6.45) is 7.22. The van der Waals surface area contributed by atoms with Crippen LogP contribution < -0.4 is 0 Å². The summed E-state index contributed by atoms with van der Waals surface area (Å²) < 4.78 is 8.14. The van der Waals surface area contributed by atoms with E-state index >= 15 is 0 Å². The van der Waals surface area contributed by atoms with Gasteiger partial charge in [-0.15, -0.1) is 0 Å². The third kappa shape index (κ3) is 3.53. The fourth-order valence-corrected chi connectivity index (χ4v) is 3.22. The molecular formula is C18H24N2O. The molecule has 0 saturated carbocycles. The minimum Gasteiger partial charge on any atom is -0.376 e. The van der Waals surface area contributed by atoms with E-state index in [2.05, 4.69) is 59.9 Å². The Bertz CT molecular complexity index is 574. The van der Waals surface area contributed by atoms with Crippen LogP contribution in [0.2, 0.25) is 0 Å². The van der Waals surface area contributed by atoms with Crippen molar-refractivity contribution in [2.24, 2.45) is 0 Å². The van der Waals surface area contributed by atoms with Crippen molar-refractivity contribution < 1.29 is 4.74 Å². The molecule has 0 aliphatic carbocycles. The Morgan fingerprint density at radius 1 is 1.29 bits per heavy atom. The van der Waals surface area contributed by atoms with Crippen LogP contribution in [0.3, 0.4) is 0 Å². The van der Waals surface area contributed by atoms with Gasteiger partial charge in [0.15, 0.2) is 0 Å². The fraction of sp³-hybridized carbons (Fsp3) is 0.500. The summed E-state index contributed by atoms with van der Waals surface area (Å²) >= 11 is 0. The molecule has 21 heavy (non-hydrogen) atoms. The van der Waals surface area contributed by atoms with Crippen LogP contribution in [0, 0.1) is 0 Å². The van der Waals surface area contributed by atoms with Crippen LogP contribution in [0.15, 0.2) is 42.7 Å². The van der Waals surface area contributed by atoms with Gasteiger partial charge in [0, 0.05) is 31.5 Å².